The number of nitrogens with zero attached hydrogens (tertiary/aromatic N) is 4. The van der Waals surface area contributed by atoms with E-state index in [0.29, 0.717) is 17.7 Å². The van der Waals surface area contributed by atoms with Gasteiger partial charge in [-0.3, -0.25) is 14.3 Å². The van der Waals surface area contributed by atoms with Gasteiger partial charge in [0.1, 0.15) is 0 Å². The Labute approximate surface area is 185 Å². The molecule has 7 heteroatoms. The second-order valence-electron chi connectivity index (χ2n) is 8.21. The number of hydrogen-bond acceptors (Lipinski definition) is 5. The predicted molar refractivity (Wildman–Crippen MR) is 123 cm³/mol. The average Bonchev–Trinajstić information content (AvgIpc) is 3.43. The number of aromatic nitrogens is 5. The molecule has 4 aromatic rings. The SMILES string of the molecule is C[C@H]1CCCC[C@H]1n1c(SCC(=O)c2c[nH]c3ccccc23)nnc1-c1cccnc1. The number of carbonyl (C=O) groups is 1. The van der Waals surface area contributed by atoms with E-state index in [0.717, 1.165) is 39.4 Å². The summed E-state index contributed by atoms with van der Waals surface area (Å²) in [6, 6.07) is 12.2. The molecule has 0 amide bonds. The first-order chi connectivity index (χ1) is 15.2. The largest absolute Gasteiger partial charge is 0.360 e. The van der Waals surface area contributed by atoms with E-state index in [1.54, 1.807) is 6.20 Å². The topological polar surface area (TPSA) is 76.5 Å². The third kappa shape index (κ3) is 3.90. The number of benzene rings is 1. The van der Waals surface area contributed by atoms with Crippen molar-refractivity contribution >= 4 is 28.4 Å². The maximum absolute atomic E-state index is 13.0. The van der Waals surface area contributed by atoms with Gasteiger partial charge in [-0.15, -0.1) is 10.2 Å². The molecule has 1 fully saturated rings. The van der Waals surface area contributed by atoms with Crippen LogP contribution in [-0.4, -0.2) is 36.3 Å². The van der Waals surface area contributed by atoms with Crippen molar-refractivity contribution in [3.63, 3.8) is 0 Å². The van der Waals surface area contributed by atoms with Gasteiger partial charge in [-0.2, -0.15) is 0 Å². The summed E-state index contributed by atoms with van der Waals surface area (Å²) in [6.07, 6.45) is 10.2. The summed E-state index contributed by atoms with van der Waals surface area (Å²) in [6.45, 7) is 2.31. The summed E-state index contributed by atoms with van der Waals surface area (Å²) in [5, 5.41) is 10.8. The number of nitrogens with one attached hydrogen (secondary N) is 1. The van der Waals surface area contributed by atoms with Crippen LogP contribution in [0.15, 0.2) is 60.1 Å². The molecule has 158 valence electrons. The lowest BCUT2D eigenvalue weighted by Crippen LogP contribution is -2.22. The summed E-state index contributed by atoms with van der Waals surface area (Å²) in [4.78, 5) is 20.5. The molecular formula is C24H25N5OS. The van der Waals surface area contributed by atoms with Gasteiger partial charge in [0.25, 0.3) is 0 Å². The number of fused-ring (bicyclic) bond motifs is 1. The van der Waals surface area contributed by atoms with Crippen LogP contribution in [-0.2, 0) is 0 Å². The number of pyridine rings is 1. The Bertz CT molecular complexity index is 1200. The van der Waals surface area contributed by atoms with E-state index in [4.69, 9.17) is 0 Å². The molecule has 0 spiro atoms. The van der Waals surface area contributed by atoms with Crippen LogP contribution in [0.5, 0.6) is 0 Å². The molecule has 1 aliphatic rings. The molecule has 1 aromatic carbocycles. The van der Waals surface area contributed by atoms with Crippen LogP contribution >= 0.6 is 11.8 Å². The van der Waals surface area contributed by atoms with Crippen molar-refractivity contribution in [2.75, 3.05) is 5.75 Å². The summed E-state index contributed by atoms with van der Waals surface area (Å²) in [7, 11) is 0. The minimum absolute atomic E-state index is 0.0941. The number of carbonyl (C=O) groups excluding carboxylic acids is 1. The third-order valence-corrected chi connectivity index (χ3v) is 7.15. The first-order valence-electron chi connectivity index (χ1n) is 10.8. The first kappa shape index (κ1) is 20.0. The maximum Gasteiger partial charge on any atom is 0.192 e. The summed E-state index contributed by atoms with van der Waals surface area (Å²) < 4.78 is 2.26. The number of thioether (sulfide) groups is 1. The molecule has 0 unspecified atom stereocenters. The number of H-pyrrole nitrogens is 1. The Morgan fingerprint density at radius 3 is 2.87 bits per heavy atom. The molecule has 1 saturated carbocycles. The van der Waals surface area contributed by atoms with Gasteiger partial charge >= 0.3 is 0 Å². The number of hydrogen-bond donors (Lipinski definition) is 1. The van der Waals surface area contributed by atoms with Crippen molar-refractivity contribution in [3.8, 4) is 11.4 Å². The standard InChI is InChI=1S/C24H25N5OS/c1-16-7-2-5-11-21(16)29-23(17-8-6-12-25-13-17)27-28-24(29)31-15-22(30)19-14-26-20-10-4-3-9-18(19)20/h3-4,6,8-10,12-14,16,21,26H,2,5,7,11,15H2,1H3/t16-,21+/m0/s1. The Hall–Kier alpha value is -2.93. The van der Waals surface area contributed by atoms with E-state index in [1.807, 2.05) is 48.8 Å². The zero-order chi connectivity index (χ0) is 21.2. The van der Waals surface area contributed by atoms with Gasteiger partial charge in [0.05, 0.1) is 5.75 Å². The van der Waals surface area contributed by atoms with Crippen molar-refractivity contribution in [2.24, 2.45) is 5.92 Å². The third-order valence-electron chi connectivity index (χ3n) is 6.20. The van der Waals surface area contributed by atoms with Crippen molar-refractivity contribution in [3.05, 3.63) is 60.6 Å². The van der Waals surface area contributed by atoms with Gasteiger partial charge in [0.15, 0.2) is 16.8 Å². The van der Waals surface area contributed by atoms with Gasteiger partial charge < -0.3 is 4.98 Å². The van der Waals surface area contributed by atoms with Gasteiger partial charge in [0.2, 0.25) is 0 Å². The van der Waals surface area contributed by atoms with Crippen LogP contribution in [0, 0.1) is 5.92 Å². The van der Waals surface area contributed by atoms with Crippen LogP contribution in [0.25, 0.3) is 22.3 Å². The number of Topliss-reactive ketones (excluding diaryl/α,β-unsaturated/α-hetero) is 1. The minimum atomic E-state index is 0.0941. The molecule has 5 rings (SSSR count). The van der Waals surface area contributed by atoms with E-state index >= 15 is 0 Å². The van der Waals surface area contributed by atoms with Crippen LogP contribution in [0.1, 0.15) is 49.0 Å². The highest BCUT2D eigenvalue weighted by molar-refractivity contribution is 7.99. The fraction of sp³-hybridized carbons (Fsp3) is 0.333. The van der Waals surface area contributed by atoms with Crippen LogP contribution in [0.4, 0.5) is 0 Å². The Morgan fingerprint density at radius 1 is 1.16 bits per heavy atom. The van der Waals surface area contributed by atoms with E-state index in [2.05, 4.69) is 31.7 Å². The van der Waals surface area contributed by atoms with E-state index in [1.165, 1.54) is 31.0 Å². The normalized spacial score (nSPS) is 19.0. The van der Waals surface area contributed by atoms with Gasteiger partial charge in [-0.05, 0) is 37.0 Å². The molecule has 2 atom stereocenters. The zero-order valence-electron chi connectivity index (χ0n) is 17.5. The van der Waals surface area contributed by atoms with Crippen molar-refractivity contribution < 1.29 is 4.79 Å². The van der Waals surface area contributed by atoms with E-state index < -0.39 is 0 Å². The lowest BCUT2D eigenvalue weighted by Gasteiger charge is -2.31. The van der Waals surface area contributed by atoms with E-state index in [-0.39, 0.29) is 5.78 Å². The molecule has 0 saturated heterocycles. The maximum atomic E-state index is 13.0. The highest BCUT2D eigenvalue weighted by Crippen LogP contribution is 2.39. The fourth-order valence-corrected chi connectivity index (χ4v) is 5.43. The quantitative estimate of drug-likeness (QED) is 0.320. The molecule has 0 radical (unpaired) electrons. The molecule has 1 aliphatic carbocycles. The number of para-hydroxylation sites is 1. The zero-order valence-corrected chi connectivity index (χ0v) is 18.3. The number of rotatable bonds is 6. The highest BCUT2D eigenvalue weighted by Gasteiger charge is 2.29. The van der Waals surface area contributed by atoms with Crippen molar-refractivity contribution in [1.29, 1.82) is 0 Å². The smallest absolute Gasteiger partial charge is 0.192 e. The Balaban J connectivity index is 1.45. The van der Waals surface area contributed by atoms with Gasteiger partial charge in [-0.25, -0.2) is 0 Å². The van der Waals surface area contributed by atoms with Crippen molar-refractivity contribution in [1.82, 2.24) is 24.7 Å². The molecule has 1 N–H and O–H groups in total. The molecule has 0 bridgehead atoms. The number of aromatic amines is 1. The molecule has 3 heterocycles. The van der Waals surface area contributed by atoms with Crippen LogP contribution in [0.3, 0.4) is 0 Å². The van der Waals surface area contributed by atoms with Gasteiger partial charge in [-0.1, -0.05) is 49.7 Å². The molecular weight excluding hydrogens is 406 g/mol. The Kier molecular flexibility index (Phi) is 5.59. The Morgan fingerprint density at radius 2 is 2.03 bits per heavy atom. The predicted octanol–water partition coefficient (Wildman–Crippen LogP) is 5.55. The molecule has 0 aliphatic heterocycles. The second kappa shape index (κ2) is 8.67. The minimum Gasteiger partial charge on any atom is -0.360 e. The fourth-order valence-electron chi connectivity index (χ4n) is 4.56. The van der Waals surface area contributed by atoms with Crippen molar-refractivity contribution in [2.45, 2.75) is 43.8 Å². The molecule has 31 heavy (non-hydrogen) atoms. The monoisotopic (exact) mass is 431 g/mol. The lowest BCUT2D eigenvalue weighted by molar-refractivity contribution is 0.102. The van der Waals surface area contributed by atoms with Gasteiger partial charge in [0, 0.05) is 46.7 Å². The highest BCUT2D eigenvalue weighted by atomic mass is 32.2. The van der Waals surface area contributed by atoms with Crippen LogP contribution < -0.4 is 0 Å². The lowest BCUT2D eigenvalue weighted by atomic mass is 9.85. The molecule has 3 aromatic heterocycles. The first-order valence-corrected chi connectivity index (χ1v) is 11.8. The van der Waals surface area contributed by atoms with Crippen LogP contribution in [0.2, 0.25) is 0 Å². The number of ketones is 1. The summed E-state index contributed by atoms with van der Waals surface area (Å²) in [5.74, 6) is 1.81. The van der Waals surface area contributed by atoms with E-state index in [9.17, 15) is 4.79 Å². The molecule has 6 nitrogen and oxygen atoms in total. The second-order valence-corrected chi connectivity index (χ2v) is 9.15. The average molecular weight is 432 g/mol. The summed E-state index contributed by atoms with van der Waals surface area (Å²) >= 11 is 1.48. The summed E-state index contributed by atoms with van der Waals surface area (Å²) in [5.41, 5.74) is 2.67.